The molecule has 0 aliphatic carbocycles. The first-order chi connectivity index (χ1) is 24.3. The standard InChI is InChI=1S/C23H22ClF4N3O3.C10H7ClF3NO3/c24-19-8-20(29)15(7-21(19)34-23(26,27)28)3-6-22(32)31-17-10-30(11-18(31)13-33-12-17)9-14-1-4-16(25)5-2-14;11-6-4-7(15)5(1-2-9(16)17)3-8(6)18-10(12,13)14/h1-8,17-18H,9-13,29H2;1-4H,15H2,(H,16,17)/b6-3+;2-1+. The van der Waals surface area contributed by atoms with E-state index in [2.05, 4.69) is 14.4 Å². The number of fused-ring (bicyclic) bond motifs is 2. The number of anilines is 2. The zero-order valence-electron chi connectivity index (χ0n) is 26.6. The van der Waals surface area contributed by atoms with Crippen molar-refractivity contribution in [2.45, 2.75) is 31.4 Å². The van der Waals surface area contributed by atoms with Gasteiger partial charge in [0.15, 0.2) is 0 Å². The van der Waals surface area contributed by atoms with Gasteiger partial charge in [-0.05, 0) is 54.1 Å². The summed E-state index contributed by atoms with van der Waals surface area (Å²) in [5.74, 6) is -3.11. The van der Waals surface area contributed by atoms with Gasteiger partial charge in [-0.25, -0.2) is 9.18 Å². The number of nitrogens with zero attached hydrogens (tertiary/aromatic N) is 2. The quantitative estimate of drug-likeness (QED) is 0.125. The maximum Gasteiger partial charge on any atom is 0.573 e. The van der Waals surface area contributed by atoms with E-state index < -0.39 is 30.2 Å². The van der Waals surface area contributed by atoms with Crippen LogP contribution in [0.15, 0.2) is 60.7 Å². The Morgan fingerprint density at radius 2 is 1.29 bits per heavy atom. The van der Waals surface area contributed by atoms with Gasteiger partial charge < -0.3 is 35.7 Å². The number of carbonyl (C=O) groups excluding carboxylic acids is 1. The molecule has 10 nitrogen and oxygen atoms in total. The smallest absolute Gasteiger partial charge is 0.478 e. The van der Waals surface area contributed by atoms with Crippen molar-refractivity contribution in [1.29, 1.82) is 0 Å². The maximum absolute atomic E-state index is 13.2. The second kappa shape index (κ2) is 16.8. The van der Waals surface area contributed by atoms with Crippen molar-refractivity contribution in [3.05, 3.63) is 93.2 Å². The van der Waals surface area contributed by atoms with Gasteiger partial charge in [-0.1, -0.05) is 35.3 Å². The van der Waals surface area contributed by atoms with Gasteiger partial charge in [0.05, 0.1) is 35.3 Å². The van der Waals surface area contributed by atoms with Gasteiger partial charge in [-0.15, -0.1) is 26.3 Å². The Labute approximate surface area is 301 Å². The lowest BCUT2D eigenvalue weighted by Gasteiger charge is -2.49. The fourth-order valence-corrected chi connectivity index (χ4v) is 5.78. The van der Waals surface area contributed by atoms with Crippen molar-refractivity contribution in [2.24, 2.45) is 0 Å². The highest BCUT2D eigenvalue weighted by molar-refractivity contribution is 6.32. The number of ether oxygens (including phenoxy) is 3. The molecule has 0 radical (unpaired) electrons. The van der Waals surface area contributed by atoms with Crippen LogP contribution in [0.5, 0.6) is 11.5 Å². The minimum Gasteiger partial charge on any atom is -0.478 e. The van der Waals surface area contributed by atoms with Gasteiger partial charge in [0.25, 0.3) is 0 Å². The Morgan fingerprint density at radius 3 is 1.73 bits per heavy atom. The molecule has 2 unspecified atom stereocenters. The molecule has 3 aromatic rings. The number of alkyl halides is 6. The summed E-state index contributed by atoms with van der Waals surface area (Å²) >= 11 is 11.3. The van der Waals surface area contributed by atoms with Crippen molar-refractivity contribution in [3.63, 3.8) is 0 Å². The number of amides is 1. The number of benzene rings is 3. The third-order valence-electron chi connectivity index (χ3n) is 7.46. The highest BCUT2D eigenvalue weighted by Gasteiger charge is 2.40. The molecular formula is C33H29Cl2F7N4O6. The number of carbonyl (C=O) groups is 2. The Balaban J connectivity index is 0.000000284. The second-order valence-electron chi connectivity index (χ2n) is 11.3. The van der Waals surface area contributed by atoms with Crippen LogP contribution in [0.25, 0.3) is 12.2 Å². The summed E-state index contributed by atoms with van der Waals surface area (Å²) in [7, 11) is 0. The first kappa shape index (κ1) is 40.1. The number of aliphatic carboxylic acids is 1. The van der Waals surface area contributed by atoms with Crippen LogP contribution in [0, 0.1) is 5.82 Å². The summed E-state index contributed by atoms with van der Waals surface area (Å²) in [5, 5.41) is 7.80. The minimum atomic E-state index is -4.92. The molecule has 2 bridgehead atoms. The number of halogens is 9. The highest BCUT2D eigenvalue weighted by atomic mass is 35.5. The topological polar surface area (TPSA) is 141 Å². The zero-order chi connectivity index (χ0) is 38.4. The number of hydrogen-bond donors (Lipinski definition) is 3. The van der Waals surface area contributed by atoms with E-state index in [1.807, 2.05) is 0 Å². The number of nitrogens with two attached hydrogens (primary N) is 2. The number of morpholine rings is 1. The molecule has 5 rings (SSSR count). The van der Waals surface area contributed by atoms with E-state index in [-0.39, 0.29) is 56.4 Å². The van der Waals surface area contributed by atoms with E-state index in [0.717, 1.165) is 42.0 Å². The second-order valence-corrected chi connectivity index (χ2v) is 12.1. The summed E-state index contributed by atoms with van der Waals surface area (Å²) in [6.45, 7) is 2.49. The molecule has 2 fully saturated rings. The molecule has 0 saturated carbocycles. The molecule has 2 aliphatic rings. The van der Waals surface area contributed by atoms with Crippen LogP contribution in [0.3, 0.4) is 0 Å². The lowest BCUT2D eigenvalue weighted by atomic mass is 10.0. The molecule has 3 aromatic carbocycles. The number of carboxylic acid groups (broad SMARTS) is 1. The summed E-state index contributed by atoms with van der Waals surface area (Å²) in [4.78, 5) is 27.3. The summed E-state index contributed by atoms with van der Waals surface area (Å²) in [6, 6.07) is 10.0. The van der Waals surface area contributed by atoms with Gasteiger partial charge in [0.1, 0.15) is 17.3 Å². The molecule has 2 atom stereocenters. The average molecular weight is 782 g/mol. The van der Waals surface area contributed by atoms with Crippen LogP contribution in [0.4, 0.5) is 42.1 Å². The molecule has 19 heteroatoms. The summed E-state index contributed by atoms with van der Waals surface area (Å²) in [6.07, 6.45) is -5.42. The average Bonchev–Trinajstić information content (AvgIpc) is 3.02. The molecule has 52 heavy (non-hydrogen) atoms. The molecule has 2 aliphatic heterocycles. The highest BCUT2D eigenvalue weighted by Crippen LogP contribution is 2.36. The van der Waals surface area contributed by atoms with Gasteiger partial charge in [-0.2, -0.15) is 0 Å². The van der Waals surface area contributed by atoms with Gasteiger partial charge >= 0.3 is 18.7 Å². The van der Waals surface area contributed by atoms with Crippen LogP contribution in [0.2, 0.25) is 10.0 Å². The molecule has 280 valence electrons. The van der Waals surface area contributed by atoms with Crippen molar-refractivity contribution in [2.75, 3.05) is 37.8 Å². The van der Waals surface area contributed by atoms with E-state index in [0.29, 0.717) is 32.8 Å². The van der Waals surface area contributed by atoms with E-state index in [1.54, 1.807) is 17.0 Å². The first-order valence-electron chi connectivity index (χ1n) is 14.9. The molecule has 5 N–H and O–H groups in total. The SMILES string of the molecule is Nc1cc(Cl)c(OC(F)(F)F)cc1/C=C/C(=O)N1C2COCC1CN(Cc1ccc(F)cc1)C2.Nc1cc(Cl)c(OC(F)(F)F)cc1/C=C/C(=O)O. The maximum atomic E-state index is 13.2. The number of nitrogen functional groups attached to an aromatic ring is 2. The molecule has 2 saturated heterocycles. The third-order valence-corrected chi connectivity index (χ3v) is 8.05. The van der Waals surface area contributed by atoms with Crippen molar-refractivity contribution in [3.8, 4) is 11.5 Å². The normalized spacial score (nSPS) is 17.9. The fraction of sp³-hybridized carbons (Fsp3) is 0.273. The van der Waals surface area contributed by atoms with Crippen LogP contribution in [0.1, 0.15) is 16.7 Å². The minimum absolute atomic E-state index is 0.0343. The summed E-state index contributed by atoms with van der Waals surface area (Å²) < 4.78 is 100. The summed E-state index contributed by atoms with van der Waals surface area (Å²) in [5.41, 5.74) is 12.7. The van der Waals surface area contributed by atoms with Crippen LogP contribution in [-0.2, 0) is 20.9 Å². The lowest BCUT2D eigenvalue weighted by molar-refractivity contribution is -0.275. The Hall–Kier alpha value is -4.71. The van der Waals surface area contributed by atoms with Crippen molar-refractivity contribution < 1.29 is 59.6 Å². The number of piperazine rings is 1. The first-order valence-corrected chi connectivity index (χ1v) is 15.7. The van der Waals surface area contributed by atoms with E-state index in [4.69, 9.17) is 44.5 Å². The predicted octanol–water partition coefficient (Wildman–Crippen LogP) is 7.00. The number of hydrogen-bond acceptors (Lipinski definition) is 8. The predicted molar refractivity (Wildman–Crippen MR) is 178 cm³/mol. The van der Waals surface area contributed by atoms with Crippen molar-refractivity contribution in [1.82, 2.24) is 9.80 Å². The van der Waals surface area contributed by atoms with Crippen molar-refractivity contribution >= 4 is 58.6 Å². The van der Waals surface area contributed by atoms with Gasteiger partial charge in [0.2, 0.25) is 5.91 Å². The zero-order valence-corrected chi connectivity index (χ0v) is 28.1. The molecule has 2 heterocycles. The monoisotopic (exact) mass is 780 g/mol. The fourth-order valence-electron chi connectivity index (χ4n) is 5.36. The molecule has 1 amide bonds. The van der Waals surface area contributed by atoms with Crippen LogP contribution in [-0.4, -0.2) is 77.9 Å². The number of rotatable bonds is 8. The number of carboxylic acids is 1. The molecule has 0 spiro atoms. The molecular weight excluding hydrogens is 752 g/mol. The Bertz CT molecular complexity index is 1810. The van der Waals surface area contributed by atoms with Gasteiger partial charge in [-0.3, -0.25) is 9.69 Å². The molecule has 0 aromatic heterocycles. The van der Waals surface area contributed by atoms with Gasteiger partial charge in [0, 0.05) is 54.3 Å². The largest absolute Gasteiger partial charge is 0.573 e. The third kappa shape index (κ3) is 11.7. The van der Waals surface area contributed by atoms with Crippen LogP contribution < -0.4 is 20.9 Å². The van der Waals surface area contributed by atoms with E-state index in [1.165, 1.54) is 24.3 Å². The lowest BCUT2D eigenvalue weighted by Crippen LogP contribution is -2.65. The van der Waals surface area contributed by atoms with E-state index >= 15 is 0 Å². The Kier molecular flexibility index (Phi) is 12.9. The van der Waals surface area contributed by atoms with Crippen LogP contribution >= 0.6 is 23.2 Å². The Morgan fingerprint density at radius 1 is 0.827 bits per heavy atom. The van der Waals surface area contributed by atoms with E-state index in [9.17, 15) is 40.3 Å².